The van der Waals surface area contributed by atoms with Crippen molar-refractivity contribution in [2.45, 2.75) is 46.0 Å². The van der Waals surface area contributed by atoms with Crippen LogP contribution in [0.1, 0.15) is 51.2 Å². The van der Waals surface area contributed by atoms with E-state index in [1.165, 1.54) is 12.1 Å². The molecular weight excluding hydrogens is 369 g/mol. The molecular formula is C19H27F3N6. The predicted octanol–water partition coefficient (Wildman–Crippen LogP) is 3.79. The molecule has 0 bridgehead atoms. The number of hydrogen-bond acceptors (Lipinski definition) is 5. The summed E-state index contributed by atoms with van der Waals surface area (Å²) in [5, 5.41) is 12.2. The minimum absolute atomic E-state index is 0.0704. The zero-order chi connectivity index (χ0) is 20.5. The second kappa shape index (κ2) is 8.06. The third kappa shape index (κ3) is 4.29. The lowest BCUT2D eigenvalue weighted by molar-refractivity contribution is -0.137. The summed E-state index contributed by atoms with van der Waals surface area (Å²) in [7, 11) is 0. The lowest BCUT2D eigenvalue weighted by Crippen LogP contribution is -2.49. The van der Waals surface area contributed by atoms with E-state index in [1.54, 1.807) is 6.07 Å². The predicted molar refractivity (Wildman–Crippen MR) is 101 cm³/mol. The fourth-order valence-electron chi connectivity index (χ4n) is 3.78. The number of halogens is 3. The Bertz CT molecular complexity index is 778. The molecule has 2 heterocycles. The van der Waals surface area contributed by atoms with E-state index in [4.69, 9.17) is 0 Å². The Morgan fingerprint density at radius 1 is 1.00 bits per heavy atom. The van der Waals surface area contributed by atoms with E-state index < -0.39 is 11.7 Å². The molecule has 1 aliphatic rings. The van der Waals surface area contributed by atoms with E-state index in [2.05, 4.69) is 34.3 Å². The highest BCUT2D eigenvalue weighted by Gasteiger charge is 2.33. The summed E-state index contributed by atoms with van der Waals surface area (Å²) in [5.41, 5.74) is 0.00572. The van der Waals surface area contributed by atoms with Gasteiger partial charge in [0, 0.05) is 31.9 Å². The van der Waals surface area contributed by atoms with Crippen molar-refractivity contribution in [2.75, 3.05) is 31.1 Å². The zero-order valence-corrected chi connectivity index (χ0v) is 16.7. The highest BCUT2D eigenvalue weighted by Crippen LogP contribution is 2.33. The van der Waals surface area contributed by atoms with Crippen LogP contribution in [0.15, 0.2) is 24.3 Å². The largest absolute Gasteiger partial charge is 0.416 e. The van der Waals surface area contributed by atoms with Crippen LogP contribution < -0.4 is 4.90 Å². The number of aromatic nitrogens is 4. The molecule has 0 amide bonds. The molecule has 1 aromatic carbocycles. The van der Waals surface area contributed by atoms with Crippen molar-refractivity contribution in [3.8, 4) is 0 Å². The molecule has 9 heteroatoms. The molecule has 1 fully saturated rings. The van der Waals surface area contributed by atoms with Crippen LogP contribution in [0.3, 0.4) is 0 Å². The fraction of sp³-hybridized carbons (Fsp3) is 0.632. The molecule has 0 radical (unpaired) electrons. The summed E-state index contributed by atoms with van der Waals surface area (Å²) in [6, 6.07) is 5.79. The van der Waals surface area contributed by atoms with Gasteiger partial charge in [-0.05, 0) is 48.4 Å². The molecule has 154 valence electrons. The second-order valence-corrected chi connectivity index (χ2v) is 7.84. The van der Waals surface area contributed by atoms with Gasteiger partial charge in [0.2, 0.25) is 0 Å². The standard InChI is InChI=1S/C19H27F3N6/c1-13(2)17(18-23-24-25-28(18)14(3)4)27-10-8-26(9-11-27)16-7-5-6-15(12-16)19(20,21)22/h5-7,12-14,17H,8-11H2,1-4H3. The maximum Gasteiger partial charge on any atom is 0.416 e. The Hall–Kier alpha value is -2.16. The lowest BCUT2D eigenvalue weighted by atomic mass is 10.00. The maximum absolute atomic E-state index is 13.0. The first kappa shape index (κ1) is 20.6. The lowest BCUT2D eigenvalue weighted by Gasteiger charge is -2.41. The summed E-state index contributed by atoms with van der Waals surface area (Å²) in [6.07, 6.45) is -4.32. The summed E-state index contributed by atoms with van der Waals surface area (Å²) in [4.78, 5) is 4.34. The third-order valence-corrected chi connectivity index (χ3v) is 5.15. The summed E-state index contributed by atoms with van der Waals surface area (Å²) in [6.45, 7) is 11.2. The van der Waals surface area contributed by atoms with Gasteiger partial charge in [0.15, 0.2) is 5.82 Å². The Morgan fingerprint density at radius 3 is 2.25 bits per heavy atom. The van der Waals surface area contributed by atoms with Crippen molar-refractivity contribution in [1.82, 2.24) is 25.1 Å². The van der Waals surface area contributed by atoms with Gasteiger partial charge in [-0.25, -0.2) is 4.68 Å². The number of piperazine rings is 1. The molecule has 0 spiro atoms. The average Bonchev–Trinajstić information content (AvgIpc) is 3.11. The van der Waals surface area contributed by atoms with E-state index >= 15 is 0 Å². The minimum Gasteiger partial charge on any atom is -0.369 e. The summed E-state index contributed by atoms with van der Waals surface area (Å²) >= 11 is 0. The number of tetrazole rings is 1. The third-order valence-electron chi connectivity index (χ3n) is 5.15. The van der Waals surface area contributed by atoms with Crippen LogP contribution in [0.2, 0.25) is 0 Å². The Labute approximate surface area is 163 Å². The number of alkyl halides is 3. The molecule has 1 atom stereocenters. The van der Waals surface area contributed by atoms with Gasteiger partial charge in [-0.2, -0.15) is 13.2 Å². The first-order valence-electron chi connectivity index (χ1n) is 9.62. The number of anilines is 1. The molecule has 6 nitrogen and oxygen atoms in total. The molecule has 3 rings (SSSR count). The monoisotopic (exact) mass is 396 g/mol. The van der Waals surface area contributed by atoms with Gasteiger partial charge in [-0.3, -0.25) is 4.90 Å². The number of benzene rings is 1. The highest BCUT2D eigenvalue weighted by molar-refractivity contribution is 5.49. The molecule has 28 heavy (non-hydrogen) atoms. The molecule has 1 saturated heterocycles. The van der Waals surface area contributed by atoms with Crippen LogP contribution in [-0.4, -0.2) is 51.3 Å². The quantitative estimate of drug-likeness (QED) is 0.770. The fourth-order valence-corrected chi connectivity index (χ4v) is 3.78. The first-order chi connectivity index (χ1) is 13.2. The van der Waals surface area contributed by atoms with Crippen molar-refractivity contribution < 1.29 is 13.2 Å². The summed E-state index contributed by atoms with van der Waals surface area (Å²) < 4.78 is 40.9. The van der Waals surface area contributed by atoms with Crippen molar-refractivity contribution in [1.29, 1.82) is 0 Å². The van der Waals surface area contributed by atoms with Gasteiger partial charge in [0.25, 0.3) is 0 Å². The molecule has 1 unspecified atom stereocenters. The first-order valence-corrected chi connectivity index (χ1v) is 9.62. The normalized spacial score (nSPS) is 17.5. The Kier molecular flexibility index (Phi) is 5.92. The minimum atomic E-state index is -4.32. The smallest absolute Gasteiger partial charge is 0.369 e. The van der Waals surface area contributed by atoms with Crippen molar-refractivity contribution in [3.05, 3.63) is 35.7 Å². The van der Waals surface area contributed by atoms with Crippen molar-refractivity contribution in [3.63, 3.8) is 0 Å². The van der Waals surface area contributed by atoms with Crippen LogP contribution in [0.4, 0.5) is 18.9 Å². The number of hydrogen-bond donors (Lipinski definition) is 0. The van der Waals surface area contributed by atoms with Gasteiger partial charge >= 0.3 is 6.18 Å². The van der Waals surface area contributed by atoms with E-state index in [-0.39, 0.29) is 12.1 Å². The second-order valence-electron chi connectivity index (χ2n) is 7.84. The highest BCUT2D eigenvalue weighted by atomic mass is 19.4. The Morgan fingerprint density at radius 2 is 1.68 bits per heavy atom. The van der Waals surface area contributed by atoms with Gasteiger partial charge < -0.3 is 4.90 Å². The topological polar surface area (TPSA) is 50.1 Å². The molecule has 2 aromatic rings. The molecule has 0 N–H and O–H groups in total. The average molecular weight is 396 g/mol. The van der Waals surface area contributed by atoms with E-state index in [1.807, 2.05) is 23.4 Å². The molecule has 0 saturated carbocycles. The Balaban J connectivity index is 1.74. The zero-order valence-electron chi connectivity index (χ0n) is 16.7. The van der Waals surface area contributed by atoms with Crippen molar-refractivity contribution in [2.24, 2.45) is 5.92 Å². The van der Waals surface area contributed by atoms with E-state index in [0.717, 1.165) is 25.0 Å². The number of nitrogens with zero attached hydrogens (tertiary/aromatic N) is 6. The molecule has 0 aliphatic carbocycles. The van der Waals surface area contributed by atoms with Gasteiger partial charge in [0.1, 0.15) is 0 Å². The van der Waals surface area contributed by atoms with Crippen LogP contribution >= 0.6 is 0 Å². The molecule has 1 aliphatic heterocycles. The van der Waals surface area contributed by atoms with Crippen LogP contribution in [0.5, 0.6) is 0 Å². The van der Waals surface area contributed by atoms with Crippen LogP contribution in [0.25, 0.3) is 0 Å². The van der Waals surface area contributed by atoms with Crippen LogP contribution in [-0.2, 0) is 6.18 Å². The summed E-state index contributed by atoms with van der Waals surface area (Å²) in [5.74, 6) is 1.15. The van der Waals surface area contributed by atoms with Crippen LogP contribution in [0, 0.1) is 5.92 Å². The number of rotatable bonds is 5. The van der Waals surface area contributed by atoms with Gasteiger partial charge in [0.05, 0.1) is 17.6 Å². The molecule has 1 aromatic heterocycles. The van der Waals surface area contributed by atoms with Crippen molar-refractivity contribution >= 4 is 5.69 Å². The van der Waals surface area contributed by atoms with Gasteiger partial charge in [-0.1, -0.05) is 19.9 Å². The SMILES string of the molecule is CC(C)C(c1nnnn1C(C)C)N1CCN(c2cccc(C(F)(F)F)c2)CC1. The maximum atomic E-state index is 13.0. The van der Waals surface area contributed by atoms with Gasteiger partial charge in [-0.15, -0.1) is 5.10 Å². The van der Waals surface area contributed by atoms with E-state index in [0.29, 0.717) is 24.7 Å². The van der Waals surface area contributed by atoms with E-state index in [9.17, 15) is 13.2 Å².